The van der Waals surface area contributed by atoms with Crippen LogP contribution in [0.15, 0.2) is 18.2 Å². The Kier molecular flexibility index (Phi) is 4.69. The molecule has 1 aliphatic heterocycles. The van der Waals surface area contributed by atoms with E-state index in [1.807, 2.05) is 0 Å². The molecule has 3 amide bonds. The summed E-state index contributed by atoms with van der Waals surface area (Å²) in [6.45, 7) is 0. The van der Waals surface area contributed by atoms with Crippen LogP contribution in [0.4, 0.5) is 0 Å². The molecular formula is C17H20N2O5. The largest absolute Gasteiger partial charge is 0.504 e. The fourth-order valence-corrected chi connectivity index (χ4v) is 3.01. The van der Waals surface area contributed by atoms with E-state index in [0.717, 1.165) is 25.7 Å². The Morgan fingerprint density at radius 2 is 1.96 bits per heavy atom. The highest BCUT2D eigenvalue weighted by molar-refractivity contribution is 6.03. The number of benzene rings is 1. The molecule has 0 aromatic heterocycles. The fraction of sp³-hybridized carbons (Fsp3) is 0.471. The number of nitrogens with one attached hydrogen (secondary N) is 2. The van der Waals surface area contributed by atoms with Crippen molar-refractivity contribution in [1.82, 2.24) is 10.6 Å². The maximum atomic E-state index is 12.3. The van der Waals surface area contributed by atoms with Crippen LogP contribution in [-0.4, -0.2) is 35.0 Å². The van der Waals surface area contributed by atoms with Gasteiger partial charge in [0.15, 0.2) is 11.5 Å². The number of hydrogen-bond acceptors (Lipinski definition) is 5. The predicted molar refractivity (Wildman–Crippen MR) is 84.6 cm³/mol. The Morgan fingerprint density at radius 3 is 2.67 bits per heavy atom. The fourth-order valence-electron chi connectivity index (χ4n) is 3.01. The van der Waals surface area contributed by atoms with E-state index in [2.05, 4.69) is 10.6 Å². The second kappa shape index (κ2) is 6.90. The van der Waals surface area contributed by atoms with Gasteiger partial charge in [-0.25, -0.2) is 0 Å². The SMILES string of the molecule is O=C1CC[C@@H](NC(=O)c2ccc(O)c(OC3CCCC3)c2)C(=O)N1. The van der Waals surface area contributed by atoms with E-state index < -0.39 is 17.9 Å². The van der Waals surface area contributed by atoms with E-state index in [0.29, 0.717) is 5.56 Å². The van der Waals surface area contributed by atoms with Crippen LogP contribution in [0.3, 0.4) is 0 Å². The molecule has 2 aliphatic rings. The van der Waals surface area contributed by atoms with Crippen LogP contribution >= 0.6 is 0 Å². The van der Waals surface area contributed by atoms with Crippen molar-refractivity contribution in [2.75, 3.05) is 0 Å². The molecule has 3 rings (SSSR count). The first-order valence-corrected chi connectivity index (χ1v) is 8.17. The molecular weight excluding hydrogens is 312 g/mol. The summed E-state index contributed by atoms with van der Waals surface area (Å²) in [5, 5.41) is 14.7. The van der Waals surface area contributed by atoms with E-state index >= 15 is 0 Å². The topological polar surface area (TPSA) is 105 Å². The summed E-state index contributed by atoms with van der Waals surface area (Å²) in [4.78, 5) is 35.2. The highest BCUT2D eigenvalue weighted by atomic mass is 16.5. The highest BCUT2D eigenvalue weighted by Crippen LogP contribution is 2.31. The first-order valence-electron chi connectivity index (χ1n) is 8.17. The Hall–Kier alpha value is -2.57. The van der Waals surface area contributed by atoms with E-state index in [9.17, 15) is 19.5 Å². The normalized spacial score (nSPS) is 21.4. The smallest absolute Gasteiger partial charge is 0.252 e. The number of carbonyl (C=O) groups is 3. The number of hydrogen-bond donors (Lipinski definition) is 3. The molecule has 3 N–H and O–H groups in total. The van der Waals surface area contributed by atoms with Crippen molar-refractivity contribution in [3.8, 4) is 11.5 Å². The number of piperidine rings is 1. The molecule has 1 aromatic rings. The molecule has 1 heterocycles. The minimum absolute atomic E-state index is 0.0144. The van der Waals surface area contributed by atoms with Crippen molar-refractivity contribution in [3.63, 3.8) is 0 Å². The molecule has 1 atom stereocenters. The lowest BCUT2D eigenvalue weighted by molar-refractivity contribution is -0.134. The average molecular weight is 332 g/mol. The second-order valence-electron chi connectivity index (χ2n) is 6.18. The molecule has 7 nitrogen and oxygen atoms in total. The number of amides is 3. The van der Waals surface area contributed by atoms with Crippen molar-refractivity contribution >= 4 is 17.7 Å². The summed E-state index contributed by atoms with van der Waals surface area (Å²) in [5.74, 6) is -1.01. The van der Waals surface area contributed by atoms with Gasteiger partial charge in [0.05, 0.1) is 6.10 Å². The van der Waals surface area contributed by atoms with Crippen molar-refractivity contribution < 1.29 is 24.2 Å². The van der Waals surface area contributed by atoms with Crippen molar-refractivity contribution in [1.29, 1.82) is 0 Å². The summed E-state index contributed by atoms with van der Waals surface area (Å²) in [7, 11) is 0. The van der Waals surface area contributed by atoms with Crippen LogP contribution in [0.25, 0.3) is 0 Å². The van der Waals surface area contributed by atoms with Crippen molar-refractivity contribution in [2.24, 2.45) is 0 Å². The Morgan fingerprint density at radius 1 is 1.21 bits per heavy atom. The Labute approximate surface area is 139 Å². The van der Waals surface area contributed by atoms with Crippen LogP contribution in [0.5, 0.6) is 11.5 Å². The standard InChI is InChI=1S/C17H20N2O5/c20-13-7-5-10(9-14(13)24-11-3-1-2-4-11)16(22)18-12-6-8-15(21)19-17(12)23/h5,7,9,11-12,20H,1-4,6,8H2,(H,18,22)(H,19,21,23)/t12-/m1/s1. The van der Waals surface area contributed by atoms with Gasteiger partial charge in [-0.15, -0.1) is 0 Å². The van der Waals surface area contributed by atoms with Crippen molar-refractivity contribution in [2.45, 2.75) is 50.7 Å². The number of phenols is 1. The van der Waals surface area contributed by atoms with Gasteiger partial charge in [0.2, 0.25) is 11.8 Å². The van der Waals surface area contributed by atoms with Gasteiger partial charge in [0, 0.05) is 12.0 Å². The predicted octanol–water partition coefficient (Wildman–Crippen LogP) is 1.25. The molecule has 0 unspecified atom stereocenters. The van der Waals surface area contributed by atoms with Gasteiger partial charge >= 0.3 is 0 Å². The first-order chi connectivity index (χ1) is 11.5. The van der Waals surface area contributed by atoms with E-state index in [1.54, 1.807) is 0 Å². The number of imide groups is 1. The first kappa shape index (κ1) is 16.3. The van der Waals surface area contributed by atoms with Gasteiger partial charge in [-0.05, 0) is 50.3 Å². The van der Waals surface area contributed by atoms with E-state index in [1.165, 1.54) is 18.2 Å². The highest BCUT2D eigenvalue weighted by Gasteiger charge is 2.28. The van der Waals surface area contributed by atoms with Crippen LogP contribution in [0.1, 0.15) is 48.9 Å². The Bertz CT molecular complexity index is 667. The summed E-state index contributed by atoms with van der Waals surface area (Å²) < 4.78 is 5.77. The van der Waals surface area contributed by atoms with Gasteiger partial charge in [-0.2, -0.15) is 0 Å². The molecule has 0 bridgehead atoms. The minimum atomic E-state index is -0.733. The maximum Gasteiger partial charge on any atom is 0.252 e. The third-order valence-electron chi connectivity index (χ3n) is 4.36. The molecule has 1 aromatic carbocycles. The summed E-state index contributed by atoms with van der Waals surface area (Å²) in [5.41, 5.74) is 0.297. The summed E-state index contributed by atoms with van der Waals surface area (Å²) in [6.07, 6.45) is 4.60. The number of ether oxygens (including phenoxy) is 1. The molecule has 1 saturated heterocycles. The number of phenolic OH excluding ortho intramolecular Hbond substituents is 1. The lowest BCUT2D eigenvalue weighted by Crippen LogP contribution is -2.52. The molecule has 7 heteroatoms. The van der Waals surface area contributed by atoms with Crippen LogP contribution in [-0.2, 0) is 9.59 Å². The van der Waals surface area contributed by atoms with Gasteiger partial charge in [-0.3, -0.25) is 19.7 Å². The van der Waals surface area contributed by atoms with Gasteiger partial charge in [-0.1, -0.05) is 0 Å². The quantitative estimate of drug-likeness (QED) is 0.720. The average Bonchev–Trinajstić information content (AvgIpc) is 3.05. The van der Waals surface area contributed by atoms with Gasteiger partial charge in [0.25, 0.3) is 5.91 Å². The molecule has 128 valence electrons. The number of rotatable bonds is 4. The lowest BCUT2D eigenvalue weighted by atomic mass is 10.1. The molecule has 0 spiro atoms. The van der Waals surface area contributed by atoms with Crippen LogP contribution in [0.2, 0.25) is 0 Å². The summed E-state index contributed by atoms with van der Waals surface area (Å²) >= 11 is 0. The summed E-state index contributed by atoms with van der Waals surface area (Å²) in [6, 6.07) is 3.62. The number of aromatic hydroxyl groups is 1. The Balaban J connectivity index is 1.68. The van der Waals surface area contributed by atoms with Crippen LogP contribution in [0, 0.1) is 0 Å². The van der Waals surface area contributed by atoms with Crippen molar-refractivity contribution in [3.05, 3.63) is 23.8 Å². The monoisotopic (exact) mass is 332 g/mol. The lowest BCUT2D eigenvalue weighted by Gasteiger charge is -2.22. The van der Waals surface area contributed by atoms with Gasteiger partial charge in [0.1, 0.15) is 6.04 Å². The zero-order valence-corrected chi connectivity index (χ0v) is 13.2. The third kappa shape index (κ3) is 3.67. The zero-order valence-electron chi connectivity index (χ0n) is 13.2. The number of carbonyl (C=O) groups excluding carboxylic acids is 3. The molecule has 24 heavy (non-hydrogen) atoms. The zero-order chi connectivity index (χ0) is 17.1. The molecule has 1 aliphatic carbocycles. The maximum absolute atomic E-state index is 12.3. The third-order valence-corrected chi connectivity index (χ3v) is 4.36. The minimum Gasteiger partial charge on any atom is -0.504 e. The van der Waals surface area contributed by atoms with E-state index in [4.69, 9.17) is 4.74 Å². The molecule has 1 saturated carbocycles. The van der Waals surface area contributed by atoms with E-state index in [-0.39, 0.29) is 36.4 Å². The van der Waals surface area contributed by atoms with Gasteiger partial charge < -0.3 is 15.2 Å². The van der Waals surface area contributed by atoms with Crippen LogP contribution < -0.4 is 15.4 Å². The molecule has 2 fully saturated rings. The molecule has 0 radical (unpaired) electrons. The second-order valence-corrected chi connectivity index (χ2v) is 6.18.